The molecule has 3 rings (SSSR count). The second kappa shape index (κ2) is 3.26. The minimum absolute atomic E-state index is 0.162. The zero-order valence-electron chi connectivity index (χ0n) is 8.51. The Morgan fingerprint density at radius 3 is 3.00 bits per heavy atom. The Bertz CT molecular complexity index is 474. The van der Waals surface area contributed by atoms with Crippen LogP contribution in [0.3, 0.4) is 0 Å². The minimum atomic E-state index is -0.358. The van der Waals surface area contributed by atoms with Crippen LogP contribution in [0.1, 0.15) is 23.3 Å². The molecule has 0 aromatic carbocycles. The van der Waals surface area contributed by atoms with Crippen LogP contribution in [0.2, 0.25) is 0 Å². The first-order valence-electron chi connectivity index (χ1n) is 5.20. The second-order valence-corrected chi connectivity index (χ2v) is 3.90. The molecule has 1 N–H and O–H groups in total. The Labute approximate surface area is 91.7 Å². The van der Waals surface area contributed by atoms with Crippen molar-refractivity contribution in [1.82, 2.24) is 14.9 Å². The van der Waals surface area contributed by atoms with E-state index in [1.807, 2.05) is 0 Å². The molecule has 0 bridgehead atoms. The van der Waals surface area contributed by atoms with Crippen LogP contribution in [0, 0.1) is 0 Å². The molecular weight excluding hydrogens is 208 g/mol. The van der Waals surface area contributed by atoms with E-state index >= 15 is 0 Å². The number of anilines is 1. The van der Waals surface area contributed by atoms with E-state index in [4.69, 9.17) is 0 Å². The van der Waals surface area contributed by atoms with Gasteiger partial charge in [-0.15, -0.1) is 0 Å². The van der Waals surface area contributed by atoms with E-state index in [2.05, 4.69) is 15.3 Å². The summed E-state index contributed by atoms with van der Waals surface area (Å²) in [6, 6.07) is -0.358. The highest BCUT2D eigenvalue weighted by Crippen LogP contribution is 2.25. The highest BCUT2D eigenvalue weighted by Gasteiger charge is 2.39. The van der Waals surface area contributed by atoms with Crippen molar-refractivity contribution in [3.05, 3.63) is 18.1 Å². The first kappa shape index (κ1) is 9.26. The van der Waals surface area contributed by atoms with E-state index in [1.165, 1.54) is 12.4 Å². The van der Waals surface area contributed by atoms with Gasteiger partial charge in [0.1, 0.15) is 6.04 Å². The molecule has 1 saturated heterocycles. The third-order valence-corrected chi connectivity index (χ3v) is 2.96. The number of hydrogen-bond donors (Lipinski definition) is 1. The second-order valence-electron chi connectivity index (χ2n) is 3.90. The Balaban J connectivity index is 2.11. The molecule has 0 unspecified atom stereocenters. The maximum Gasteiger partial charge on any atom is 0.276 e. The zero-order valence-corrected chi connectivity index (χ0v) is 8.51. The van der Waals surface area contributed by atoms with Crippen LogP contribution < -0.4 is 5.32 Å². The summed E-state index contributed by atoms with van der Waals surface area (Å²) in [6.07, 6.45) is 4.49. The first-order valence-corrected chi connectivity index (χ1v) is 5.20. The summed E-state index contributed by atoms with van der Waals surface area (Å²) >= 11 is 0. The Morgan fingerprint density at radius 1 is 1.31 bits per heavy atom. The van der Waals surface area contributed by atoms with E-state index in [-0.39, 0.29) is 29.4 Å². The number of amides is 2. The van der Waals surface area contributed by atoms with Crippen molar-refractivity contribution < 1.29 is 9.59 Å². The van der Waals surface area contributed by atoms with Gasteiger partial charge in [0.05, 0.1) is 0 Å². The monoisotopic (exact) mass is 218 g/mol. The molecule has 2 amide bonds. The van der Waals surface area contributed by atoms with Crippen molar-refractivity contribution in [2.24, 2.45) is 0 Å². The third-order valence-electron chi connectivity index (χ3n) is 2.96. The number of nitrogens with one attached hydrogen (secondary N) is 1. The van der Waals surface area contributed by atoms with Gasteiger partial charge in [0.2, 0.25) is 5.91 Å². The summed E-state index contributed by atoms with van der Waals surface area (Å²) in [5.74, 6) is -0.0963. The van der Waals surface area contributed by atoms with Crippen LogP contribution in [0.15, 0.2) is 12.4 Å². The van der Waals surface area contributed by atoms with Gasteiger partial charge in [0.25, 0.3) is 5.91 Å². The molecule has 1 atom stereocenters. The number of fused-ring (bicyclic) bond motifs is 2. The molecule has 16 heavy (non-hydrogen) atoms. The molecule has 2 aliphatic rings. The Kier molecular flexibility index (Phi) is 1.89. The lowest BCUT2D eigenvalue weighted by molar-refractivity contribution is -0.119. The quantitative estimate of drug-likeness (QED) is 0.666. The summed E-state index contributed by atoms with van der Waals surface area (Å²) < 4.78 is 0. The number of rotatable bonds is 0. The molecule has 1 aromatic rings. The zero-order chi connectivity index (χ0) is 11.1. The number of hydrogen-bond acceptors (Lipinski definition) is 4. The summed E-state index contributed by atoms with van der Waals surface area (Å²) in [5, 5.41) is 2.65. The fourth-order valence-corrected chi connectivity index (χ4v) is 2.20. The van der Waals surface area contributed by atoms with E-state index in [0.717, 1.165) is 6.42 Å². The lowest BCUT2D eigenvalue weighted by atomic mass is 10.2. The van der Waals surface area contributed by atoms with Gasteiger partial charge in [-0.25, -0.2) is 9.97 Å². The number of carbonyl (C=O) groups is 2. The van der Waals surface area contributed by atoms with Gasteiger partial charge in [0.15, 0.2) is 11.5 Å². The Hall–Kier alpha value is -1.98. The van der Waals surface area contributed by atoms with Crippen LogP contribution in [0.25, 0.3) is 0 Å². The fraction of sp³-hybridized carbons (Fsp3) is 0.400. The molecular formula is C10H10N4O2. The van der Waals surface area contributed by atoms with Gasteiger partial charge in [0, 0.05) is 18.9 Å². The summed E-state index contributed by atoms with van der Waals surface area (Å²) in [6.45, 7) is 0.618. The van der Waals surface area contributed by atoms with Crippen molar-refractivity contribution >= 4 is 17.6 Å². The molecule has 0 radical (unpaired) electrons. The lowest BCUT2D eigenvalue weighted by Gasteiger charge is -2.19. The normalized spacial score (nSPS) is 23.5. The van der Waals surface area contributed by atoms with Gasteiger partial charge in [-0.05, 0) is 12.8 Å². The topological polar surface area (TPSA) is 75.2 Å². The molecule has 0 spiro atoms. The van der Waals surface area contributed by atoms with Crippen LogP contribution in [-0.2, 0) is 4.79 Å². The molecule has 3 heterocycles. The van der Waals surface area contributed by atoms with E-state index in [9.17, 15) is 9.59 Å². The van der Waals surface area contributed by atoms with Gasteiger partial charge < -0.3 is 10.2 Å². The maximum absolute atomic E-state index is 12.1. The van der Waals surface area contributed by atoms with Gasteiger partial charge in [-0.2, -0.15) is 0 Å². The van der Waals surface area contributed by atoms with Gasteiger partial charge in [-0.3, -0.25) is 9.59 Å². The average molecular weight is 218 g/mol. The van der Waals surface area contributed by atoms with E-state index < -0.39 is 0 Å². The van der Waals surface area contributed by atoms with Crippen LogP contribution in [0.4, 0.5) is 5.82 Å². The standard InChI is InChI=1S/C10H10N4O2/c15-9-6-2-1-5-14(6)10(16)7-8(13-9)12-4-3-11-7/h3-4,6H,1-2,5H2,(H,12,13,15)/t6-/m0/s1. The van der Waals surface area contributed by atoms with Crippen molar-refractivity contribution in [3.63, 3.8) is 0 Å². The van der Waals surface area contributed by atoms with Gasteiger partial charge in [-0.1, -0.05) is 0 Å². The first-order chi connectivity index (χ1) is 7.77. The number of aromatic nitrogens is 2. The van der Waals surface area contributed by atoms with E-state index in [0.29, 0.717) is 13.0 Å². The maximum atomic E-state index is 12.1. The lowest BCUT2D eigenvalue weighted by Crippen LogP contribution is -2.40. The largest absolute Gasteiger partial charge is 0.325 e. The summed E-state index contributed by atoms with van der Waals surface area (Å²) in [5.41, 5.74) is 0.236. The molecule has 0 saturated carbocycles. The minimum Gasteiger partial charge on any atom is -0.325 e. The fourth-order valence-electron chi connectivity index (χ4n) is 2.20. The molecule has 0 aliphatic carbocycles. The highest BCUT2D eigenvalue weighted by atomic mass is 16.2. The van der Waals surface area contributed by atoms with E-state index in [1.54, 1.807) is 4.90 Å². The Morgan fingerprint density at radius 2 is 2.12 bits per heavy atom. The number of carbonyl (C=O) groups excluding carboxylic acids is 2. The van der Waals surface area contributed by atoms with Crippen LogP contribution in [-0.4, -0.2) is 39.3 Å². The van der Waals surface area contributed by atoms with Crippen LogP contribution >= 0.6 is 0 Å². The molecule has 1 fully saturated rings. The van der Waals surface area contributed by atoms with Crippen molar-refractivity contribution in [3.8, 4) is 0 Å². The average Bonchev–Trinajstić information content (AvgIpc) is 2.74. The summed E-state index contributed by atoms with van der Waals surface area (Å²) in [7, 11) is 0. The molecule has 6 nitrogen and oxygen atoms in total. The summed E-state index contributed by atoms with van der Waals surface area (Å²) in [4.78, 5) is 33.5. The predicted octanol–water partition coefficient (Wildman–Crippen LogP) is 0.0333. The number of nitrogens with zero attached hydrogens (tertiary/aromatic N) is 3. The molecule has 6 heteroatoms. The van der Waals surface area contributed by atoms with Crippen molar-refractivity contribution in [2.75, 3.05) is 11.9 Å². The molecule has 82 valence electrons. The van der Waals surface area contributed by atoms with Crippen molar-refractivity contribution in [2.45, 2.75) is 18.9 Å². The highest BCUT2D eigenvalue weighted by molar-refractivity contribution is 6.08. The smallest absolute Gasteiger partial charge is 0.276 e. The SMILES string of the molecule is O=C1Nc2nccnc2C(=O)N2CCC[C@@H]12. The molecule has 2 aliphatic heterocycles. The van der Waals surface area contributed by atoms with Crippen LogP contribution in [0.5, 0.6) is 0 Å². The molecule has 1 aromatic heterocycles. The third kappa shape index (κ3) is 1.19. The van der Waals surface area contributed by atoms with Crippen molar-refractivity contribution in [1.29, 1.82) is 0 Å². The van der Waals surface area contributed by atoms with Gasteiger partial charge >= 0.3 is 0 Å². The predicted molar refractivity (Wildman–Crippen MR) is 54.7 cm³/mol.